The van der Waals surface area contributed by atoms with Gasteiger partial charge in [0.05, 0.1) is 7.85 Å². The highest BCUT2D eigenvalue weighted by molar-refractivity contribution is 9.11. The van der Waals surface area contributed by atoms with Gasteiger partial charge in [-0.05, 0) is 22.4 Å². The molecule has 90 valence electrons. The molecular weight excluding hydrogens is 301 g/mol. The van der Waals surface area contributed by atoms with E-state index in [2.05, 4.69) is 15.9 Å². The lowest BCUT2D eigenvalue weighted by Crippen LogP contribution is -2.25. The molecule has 0 aliphatic heterocycles. The van der Waals surface area contributed by atoms with Crippen LogP contribution in [0.4, 0.5) is 26.3 Å². The Hall–Kier alpha value is -0.355. The van der Waals surface area contributed by atoms with Crippen molar-refractivity contribution in [3.63, 3.8) is 0 Å². The summed E-state index contributed by atoms with van der Waals surface area (Å²) < 4.78 is 71.8. The summed E-state index contributed by atoms with van der Waals surface area (Å²) in [6.07, 6.45) is -11.1. The summed E-state index contributed by atoms with van der Waals surface area (Å²) in [7, 11) is 5.22. The molecule has 0 saturated heterocycles. The van der Waals surface area contributed by atoms with Crippen LogP contribution >= 0.6 is 15.9 Å². The maximum atomic E-state index is 12.0. The lowest BCUT2D eigenvalue weighted by Gasteiger charge is -2.12. The second kappa shape index (κ2) is 5.32. The molecule has 2 radical (unpaired) electrons. The van der Waals surface area contributed by atoms with Crippen LogP contribution in [-0.2, 0) is 0 Å². The summed E-state index contributed by atoms with van der Waals surface area (Å²) in [5.41, 5.74) is -1.43. The molecule has 1 atom stereocenters. The van der Waals surface area contributed by atoms with Gasteiger partial charge in [0.2, 0.25) is 0 Å². The first kappa shape index (κ1) is 15.6. The van der Waals surface area contributed by atoms with Gasteiger partial charge < -0.3 is 0 Å². The summed E-state index contributed by atoms with van der Waals surface area (Å²) in [6.45, 7) is 1.45. The number of hydrogen-bond donors (Lipinski definition) is 0. The molecule has 0 N–H and O–H groups in total. The number of halogens is 7. The van der Waals surface area contributed by atoms with Crippen molar-refractivity contribution in [3.8, 4) is 0 Å². The van der Waals surface area contributed by atoms with Crippen molar-refractivity contribution in [2.24, 2.45) is 0 Å². The van der Waals surface area contributed by atoms with E-state index in [4.69, 9.17) is 7.85 Å². The molecule has 1 unspecified atom stereocenters. The molecule has 0 bridgehead atoms. The Bertz CT molecular complexity index is 291. The van der Waals surface area contributed by atoms with Crippen LogP contribution < -0.4 is 0 Å². The molecule has 0 aliphatic carbocycles. The van der Waals surface area contributed by atoms with E-state index in [0.717, 1.165) is 0 Å². The SMILES string of the molecule is [B]C(C)CC(Br)=C=C(C(F)(F)F)C(F)(F)F. The Kier molecular flexibility index (Phi) is 5.20. The first-order chi connectivity index (χ1) is 6.94. The highest BCUT2D eigenvalue weighted by Gasteiger charge is 2.51. The topological polar surface area (TPSA) is 0 Å². The zero-order valence-corrected chi connectivity index (χ0v) is 9.59. The van der Waals surface area contributed by atoms with Gasteiger partial charge in [-0.2, -0.15) is 26.3 Å². The maximum Gasteiger partial charge on any atom is 0.428 e. The van der Waals surface area contributed by atoms with Crippen molar-refractivity contribution in [1.29, 1.82) is 0 Å². The minimum Gasteiger partial charge on any atom is -0.165 e. The lowest BCUT2D eigenvalue weighted by molar-refractivity contribution is -0.171. The average Bonchev–Trinajstić information content (AvgIpc) is 1.94. The van der Waals surface area contributed by atoms with Crippen molar-refractivity contribution in [2.45, 2.75) is 31.5 Å². The van der Waals surface area contributed by atoms with E-state index in [9.17, 15) is 26.3 Å². The van der Waals surface area contributed by atoms with Crippen LogP contribution in [0.5, 0.6) is 0 Å². The fraction of sp³-hybridized carbons (Fsp3) is 0.625. The Morgan fingerprint density at radius 1 is 1.19 bits per heavy atom. The van der Waals surface area contributed by atoms with Gasteiger partial charge in [-0.3, -0.25) is 0 Å². The fourth-order valence-electron chi connectivity index (χ4n) is 0.772. The maximum absolute atomic E-state index is 12.0. The van der Waals surface area contributed by atoms with Crippen molar-refractivity contribution in [3.05, 3.63) is 15.8 Å². The van der Waals surface area contributed by atoms with E-state index in [0.29, 0.717) is 0 Å². The molecule has 0 heterocycles. The molecule has 0 aromatic rings. The molecule has 0 aromatic carbocycles. The van der Waals surface area contributed by atoms with Gasteiger partial charge in [-0.1, -0.05) is 18.5 Å². The smallest absolute Gasteiger partial charge is 0.165 e. The Morgan fingerprint density at radius 3 is 1.81 bits per heavy atom. The molecule has 0 aromatic heterocycles. The van der Waals surface area contributed by atoms with Crippen LogP contribution in [0.15, 0.2) is 15.8 Å². The third kappa shape index (κ3) is 5.65. The molecule has 0 saturated carbocycles. The first-order valence-corrected chi connectivity index (χ1v) is 4.79. The quantitative estimate of drug-likeness (QED) is 0.406. The summed E-state index contributed by atoms with van der Waals surface area (Å²) in [4.78, 5) is 0. The molecule has 16 heavy (non-hydrogen) atoms. The third-order valence-electron chi connectivity index (χ3n) is 1.33. The van der Waals surface area contributed by atoms with Crippen molar-refractivity contribution < 1.29 is 26.3 Å². The van der Waals surface area contributed by atoms with Crippen LogP contribution in [0.3, 0.4) is 0 Å². The minimum atomic E-state index is -5.49. The molecule has 8 heteroatoms. The van der Waals surface area contributed by atoms with Crippen LogP contribution in [0, 0.1) is 0 Å². The van der Waals surface area contributed by atoms with Gasteiger partial charge in [0.25, 0.3) is 0 Å². The Morgan fingerprint density at radius 2 is 1.56 bits per heavy atom. The van der Waals surface area contributed by atoms with Crippen LogP contribution in [-0.4, -0.2) is 20.2 Å². The number of hydrogen-bond acceptors (Lipinski definition) is 0. The summed E-state index contributed by atoms with van der Waals surface area (Å²) in [6, 6.07) is 0. The zero-order chi connectivity index (χ0) is 13.1. The molecule has 0 fully saturated rings. The Balaban J connectivity index is 5.44. The average molecular weight is 307 g/mol. The molecule has 0 spiro atoms. The summed E-state index contributed by atoms with van der Waals surface area (Å²) in [5.74, 6) is -0.565. The Labute approximate surface area is 97.9 Å². The number of rotatable bonds is 2. The van der Waals surface area contributed by atoms with Gasteiger partial charge in [0.15, 0.2) is 5.57 Å². The van der Waals surface area contributed by atoms with E-state index in [1.54, 1.807) is 0 Å². The minimum absolute atomic E-state index is 0.157. The molecule has 0 rings (SSSR count). The highest BCUT2D eigenvalue weighted by atomic mass is 79.9. The van der Waals surface area contributed by atoms with E-state index >= 15 is 0 Å². The van der Waals surface area contributed by atoms with Gasteiger partial charge in [0.1, 0.15) is 0 Å². The fourth-order valence-corrected chi connectivity index (χ4v) is 1.48. The van der Waals surface area contributed by atoms with Crippen LogP contribution in [0.1, 0.15) is 13.3 Å². The largest absolute Gasteiger partial charge is 0.428 e. The van der Waals surface area contributed by atoms with E-state index < -0.39 is 23.7 Å². The standard InChI is InChI=1S/C8H6BBrF6/c1-4(9)2-5(10)3-6(7(11,12)13)8(14,15)16/h4H,2H2,1H3. The predicted octanol–water partition coefficient (Wildman–Crippen LogP) is 4.28. The molecule has 0 amide bonds. The summed E-state index contributed by atoms with van der Waals surface area (Å²) >= 11 is 2.57. The van der Waals surface area contributed by atoms with Gasteiger partial charge in [-0.15, -0.1) is 0 Å². The van der Waals surface area contributed by atoms with E-state index in [1.807, 2.05) is 0 Å². The van der Waals surface area contributed by atoms with Crippen molar-refractivity contribution in [1.82, 2.24) is 0 Å². The molecule has 0 nitrogen and oxygen atoms in total. The van der Waals surface area contributed by atoms with Crippen LogP contribution in [0.2, 0.25) is 5.82 Å². The molecule has 0 aliphatic rings. The van der Waals surface area contributed by atoms with E-state index in [1.165, 1.54) is 12.7 Å². The van der Waals surface area contributed by atoms with Gasteiger partial charge >= 0.3 is 12.4 Å². The second-order valence-electron chi connectivity index (χ2n) is 3.08. The normalized spacial score (nSPS) is 14.2. The second-order valence-corrected chi connectivity index (χ2v) is 4.04. The predicted molar refractivity (Wildman–Crippen MR) is 51.4 cm³/mol. The monoisotopic (exact) mass is 306 g/mol. The zero-order valence-electron chi connectivity index (χ0n) is 8.01. The van der Waals surface area contributed by atoms with Crippen LogP contribution in [0.25, 0.3) is 0 Å². The molecular formula is C8H6BBrF6. The first-order valence-electron chi connectivity index (χ1n) is 4.00. The third-order valence-corrected chi connectivity index (χ3v) is 1.85. The van der Waals surface area contributed by atoms with Gasteiger partial charge in [0, 0.05) is 4.48 Å². The number of alkyl halides is 6. The van der Waals surface area contributed by atoms with E-state index in [-0.39, 0.29) is 10.9 Å². The number of allylic oxidation sites excluding steroid dienone is 1. The van der Waals surface area contributed by atoms with Gasteiger partial charge in [-0.25, -0.2) is 0 Å². The summed E-state index contributed by atoms with van der Waals surface area (Å²) in [5, 5.41) is 0. The highest BCUT2D eigenvalue weighted by Crippen LogP contribution is 2.38. The van der Waals surface area contributed by atoms with Crippen molar-refractivity contribution in [2.75, 3.05) is 0 Å². The lowest BCUT2D eigenvalue weighted by atomic mass is 9.87. The van der Waals surface area contributed by atoms with Crippen molar-refractivity contribution >= 4 is 23.8 Å².